The van der Waals surface area contributed by atoms with Crippen molar-refractivity contribution in [3.8, 4) is 22.9 Å². The van der Waals surface area contributed by atoms with Gasteiger partial charge in [0.05, 0.1) is 19.9 Å². The molecular formula is C20H18N2O5. The average Bonchev–Trinajstić information content (AvgIpc) is 3.09. The summed E-state index contributed by atoms with van der Waals surface area (Å²) < 4.78 is 12.6. The van der Waals surface area contributed by atoms with Gasteiger partial charge in [-0.1, -0.05) is 18.2 Å². The second-order valence-corrected chi connectivity index (χ2v) is 5.60. The van der Waals surface area contributed by atoms with E-state index in [2.05, 4.69) is 0 Å². The van der Waals surface area contributed by atoms with Crippen LogP contribution >= 0.6 is 0 Å². The van der Waals surface area contributed by atoms with Crippen LogP contribution in [0.15, 0.2) is 65.7 Å². The summed E-state index contributed by atoms with van der Waals surface area (Å²) in [6, 6.07) is 12.1. The van der Waals surface area contributed by atoms with Crippen molar-refractivity contribution >= 4 is 12.0 Å². The minimum atomic E-state index is -0.499. The third kappa shape index (κ3) is 3.62. The summed E-state index contributed by atoms with van der Waals surface area (Å²) >= 11 is 0. The van der Waals surface area contributed by atoms with Gasteiger partial charge in [-0.05, 0) is 35.9 Å². The van der Waals surface area contributed by atoms with Crippen molar-refractivity contribution in [3.63, 3.8) is 0 Å². The molecule has 0 fully saturated rings. The molecule has 0 unspecified atom stereocenters. The molecule has 1 heterocycles. The highest BCUT2D eigenvalue weighted by Crippen LogP contribution is 2.37. The summed E-state index contributed by atoms with van der Waals surface area (Å²) in [5.41, 5.74) is 0.785. The fourth-order valence-electron chi connectivity index (χ4n) is 2.59. The number of carbonyl (C=O) groups is 1. The zero-order chi connectivity index (χ0) is 19.4. The van der Waals surface area contributed by atoms with Crippen LogP contribution in [0.2, 0.25) is 0 Å². The molecule has 0 radical (unpaired) electrons. The van der Waals surface area contributed by atoms with Crippen LogP contribution in [0, 0.1) is 0 Å². The Morgan fingerprint density at radius 2 is 1.67 bits per heavy atom. The highest BCUT2D eigenvalue weighted by Gasteiger charge is 2.12. The van der Waals surface area contributed by atoms with Crippen LogP contribution in [0.25, 0.3) is 11.8 Å². The van der Waals surface area contributed by atoms with Gasteiger partial charge in [0.2, 0.25) is 5.75 Å². The Balaban J connectivity index is 1.88. The molecular weight excluding hydrogens is 348 g/mol. The summed E-state index contributed by atoms with van der Waals surface area (Å²) in [5.74, 6) is -0.192. The molecule has 7 nitrogen and oxygen atoms in total. The first-order chi connectivity index (χ1) is 13.0. The van der Waals surface area contributed by atoms with E-state index in [4.69, 9.17) is 9.47 Å². The Morgan fingerprint density at radius 1 is 1.04 bits per heavy atom. The first kappa shape index (κ1) is 18.1. The van der Waals surface area contributed by atoms with E-state index in [9.17, 15) is 14.7 Å². The molecule has 0 saturated carbocycles. The van der Waals surface area contributed by atoms with Crippen molar-refractivity contribution in [1.29, 1.82) is 0 Å². The fourth-order valence-corrected chi connectivity index (χ4v) is 2.59. The van der Waals surface area contributed by atoms with Gasteiger partial charge in [-0.3, -0.25) is 9.36 Å². The molecule has 7 heteroatoms. The van der Waals surface area contributed by atoms with Crippen LogP contribution in [-0.4, -0.2) is 34.4 Å². The molecule has 138 valence electrons. The number of hydrogen-bond acceptors (Lipinski definition) is 5. The minimum absolute atomic E-state index is 0.125. The van der Waals surface area contributed by atoms with E-state index in [0.717, 1.165) is 4.57 Å². The predicted molar refractivity (Wildman–Crippen MR) is 101 cm³/mol. The summed E-state index contributed by atoms with van der Waals surface area (Å²) in [7, 11) is 2.83. The number of imidazole rings is 1. The molecule has 0 aliphatic rings. The van der Waals surface area contributed by atoms with E-state index in [1.807, 2.05) is 18.2 Å². The van der Waals surface area contributed by atoms with Crippen molar-refractivity contribution in [1.82, 2.24) is 9.13 Å². The third-order valence-corrected chi connectivity index (χ3v) is 3.97. The highest BCUT2D eigenvalue weighted by atomic mass is 16.5. The zero-order valence-electron chi connectivity index (χ0n) is 14.8. The SMILES string of the molecule is COc1cc(C=CC(=O)n2ccn(-c3ccccc3)c2=O)cc(OC)c1O. The highest BCUT2D eigenvalue weighted by molar-refractivity contribution is 5.93. The van der Waals surface area contributed by atoms with Crippen LogP contribution in [0.4, 0.5) is 0 Å². The van der Waals surface area contributed by atoms with Gasteiger partial charge in [0.15, 0.2) is 11.5 Å². The summed E-state index contributed by atoms with van der Waals surface area (Å²) in [6.45, 7) is 0. The molecule has 0 aliphatic carbocycles. The first-order valence-corrected chi connectivity index (χ1v) is 8.08. The Bertz CT molecular complexity index is 1020. The molecule has 2 aromatic carbocycles. The standard InChI is InChI=1S/C20H18N2O5/c1-26-16-12-14(13-17(27-2)19(16)24)8-9-18(23)22-11-10-21(20(22)25)15-6-4-3-5-7-15/h3-13,24H,1-2H3. The van der Waals surface area contributed by atoms with Crippen molar-refractivity contribution in [3.05, 3.63) is 77.0 Å². The molecule has 0 bridgehead atoms. The number of allylic oxidation sites excluding steroid dienone is 1. The van der Waals surface area contributed by atoms with Crippen LogP contribution in [-0.2, 0) is 0 Å². The number of hydrogen-bond donors (Lipinski definition) is 1. The van der Waals surface area contributed by atoms with E-state index in [1.165, 1.54) is 43.3 Å². The summed E-state index contributed by atoms with van der Waals surface area (Å²) in [4.78, 5) is 24.9. The van der Waals surface area contributed by atoms with Crippen molar-refractivity contribution in [2.45, 2.75) is 0 Å². The van der Waals surface area contributed by atoms with E-state index >= 15 is 0 Å². The first-order valence-electron chi connectivity index (χ1n) is 8.08. The minimum Gasteiger partial charge on any atom is -0.502 e. The number of aromatic nitrogens is 2. The van der Waals surface area contributed by atoms with Gasteiger partial charge in [-0.15, -0.1) is 0 Å². The predicted octanol–water partition coefficient (Wildman–Crippen LogP) is 2.72. The maximum Gasteiger partial charge on any atom is 0.339 e. The van der Waals surface area contributed by atoms with Crippen molar-refractivity contribution in [2.75, 3.05) is 14.2 Å². The van der Waals surface area contributed by atoms with Crippen LogP contribution in [0.1, 0.15) is 10.4 Å². The van der Waals surface area contributed by atoms with E-state index in [1.54, 1.807) is 24.3 Å². The van der Waals surface area contributed by atoms with Crippen LogP contribution < -0.4 is 15.2 Å². The van der Waals surface area contributed by atoms with Gasteiger partial charge >= 0.3 is 5.69 Å². The lowest BCUT2D eigenvalue weighted by molar-refractivity contribution is 0.0965. The van der Waals surface area contributed by atoms with E-state index in [0.29, 0.717) is 11.3 Å². The quantitative estimate of drug-likeness (QED) is 0.702. The maximum atomic E-state index is 12.5. The van der Waals surface area contributed by atoms with Gasteiger partial charge < -0.3 is 14.6 Å². The molecule has 3 rings (SSSR count). The zero-order valence-corrected chi connectivity index (χ0v) is 14.8. The molecule has 3 aromatic rings. The molecule has 0 atom stereocenters. The van der Waals surface area contributed by atoms with Crippen molar-refractivity contribution in [2.24, 2.45) is 0 Å². The lowest BCUT2D eigenvalue weighted by atomic mass is 10.1. The molecule has 0 amide bonds. The second kappa shape index (κ2) is 7.65. The molecule has 27 heavy (non-hydrogen) atoms. The van der Waals surface area contributed by atoms with Gasteiger partial charge in [0.25, 0.3) is 5.91 Å². The Hall–Kier alpha value is -3.74. The largest absolute Gasteiger partial charge is 0.502 e. The molecule has 0 spiro atoms. The molecule has 0 saturated heterocycles. The number of methoxy groups -OCH3 is 2. The van der Waals surface area contributed by atoms with Crippen molar-refractivity contribution < 1.29 is 19.4 Å². The van der Waals surface area contributed by atoms with Gasteiger partial charge in [-0.2, -0.15) is 0 Å². The number of nitrogens with zero attached hydrogens (tertiary/aromatic N) is 2. The number of phenols is 1. The number of para-hydroxylation sites is 1. The van der Waals surface area contributed by atoms with Crippen LogP contribution in [0.5, 0.6) is 17.2 Å². The summed E-state index contributed by atoms with van der Waals surface area (Å²) in [6.07, 6.45) is 5.73. The number of rotatable bonds is 5. The Labute approximate surface area is 155 Å². The number of carbonyl (C=O) groups excluding carboxylic acids is 1. The number of phenolic OH excluding ortho intramolecular Hbond substituents is 1. The number of aromatic hydroxyl groups is 1. The molecule has 1 N–H and O–H groups in total. The lowest BCUT2D eigenvalue weighted by Crippen LogP contribution is -2.26. The Morgan fingerprint density at radius 3 is 2.26 bits per heavy atom. The maximum absolute atomic E-state index is 12.5. The molecule has 0 aliphatic heterocycles. The average molecular weight is 366 g/mol. The lowest BCUT2D eigenvalue weighted by Gasteiger charge is -2.09. The van der Waals surface area contributed by atoms with E-state index in [-0.39, 0.29) is 17.2 Å². The number of benzene rings is 2. The number of ether oxygens (including phenoxy) is 2. The van der Waals surface area contributed by atoms with Gasteiger partial charge in [-0.25, -0.2) is 9.36 Å². The third-order valence-electron chi connectivity index (χ3n) is 3.97. The van der Waals surface area contributed by atoms with Gasteiger partial charge in [0, 0.05) is 18.5 Å². The monoisotopic (exact) mass is 366 g/mol. The smallest absolute Gasteiger partial charge is 0.339 e. The normalized spacial score (nSPS) is 10.9. The second-order valence-electron chi connectivity index (χ2n) is 5.60. The Kier molecular flexibility index (Phi) is 5.12. The van der Waals surface area contributed by atoms with Crippen LogP contribution in [0.3, 0.4) is 0 Å². The summed E-state index contributed by atoms with van der Waals surface area (Å²) in [5, 5.41) is 9.93. The van der Waals surface area contributed by atoms with E-state index < -0.39 is 11.6 Å². The fraction of sp³-hybridized carbons (Fsp3) is 0.100. The topological polar surface area (TPSA) is 82.7 Å². The molecule has 1 aromatic heterocycles. The van der Waals surface area contributed by atoms with Gasteiger partial charge in [0.1, 0.15) is 0 Å².